The van der Waals surface area contributed by atoms with Crippen molar-refractivity contribution in [1.82, 2.24) is 9.80 Å². The predicted octanol–water partition coefficient (Wildman–Crippen LogP) is 6.23. The van der Waals surface area contributed by atoms with Crippen LogP contribution in [0, 0.1) is 0 Å². The number of fused-ring (bicyclic) bond motifs is 1. The minimum atomic E-state index is -0.462. The van der Waals surface area contributed by atoms with Crippen LogP contribution in [0.15, 0.2) is 64.9 Å². The molecule has 2 aliphatic rings. The number of methoxy groups -OCH3 is 1. The van der Waals surface area contributed by atoms with Crippen LogP contribution in [0.5, 0.6) is 5.75 Å². The van der Waals surface area contributed by atoms with Crippen molar-refractivity contribution in [2.45, 2.75) is 19.4 Å². The number of carbonyl (C=O) groups is 1. The van der Waals surface area contributed by atoms with E-state index in [0.717, 1.165) is 21.2 Å². The third-order valence-electron chi connectivity index (χ3n) is 5.73. The van der Waals surface area contributed by atoms with Gasteiger partial charge < -0.3 is 19.3 Å². The van der Waals surface area contributed by atoms with Crippen LogP contribution in [0.25, 0.3) is 4.91 Å². The lowest BCUT2D eigenvalue weighted by Crippen LogP contribution is -2.35. The van der Waals surface area contributed by atoms with Gasteiger partial charge in [-0.1, -0.05) is 54.4 Å². The molecule has 0 saturated heterocycles. The third-order valence-corrected chi connectivity index (χ3v) is 7.31. The molecule has 1 unspecified atom stereocenters. The fourth-order valence-corrected chi connectivity index (χ4v) is 5.64. The molecule has 4 rings (SSSR count). The van der Waals surface area contributed by atoms with Gasteiger partial charge in [0, 0.05) is 33.8 Å². The summed E-state index contributed by atoms with van der Waals surface area (Å²) in [5, 5.41) is 1.89. The highest BCUT2D eigenvalue weighted by molar-refractivity contribution is 8.22. The summed E-state index contributed by atoms with van der Waals surface area (Å²) >= 11 is 14.1. The predicted molar refractivity (Wildman–Crippen MR) is 144 cm³/mol. The molecular formula is C26H27Cl2N3O3S. The molecule has 2 aromatic rings. The molecule has 0 amide bonds. The Morgan fingerprint density at radius 1 is 1.20 bits per heavy atom. The number of rotatable bonds is 8. The van der Waals surface area contributed by atoms with Crippen LogP contribution in [0.1, 0.15) is 30.5 Å². The molecule has 0 fully saturated rings. The van der Waals surface area contributed by atoms with Crippen molar-refractivity contribution >= 4 is 51.0 Å². The zero-order valence-electron chi connectivity index (χ0n) is 20.0. The molecule has 0 aliphatic carbocycles. The number of benzene rings is 2. The van der Waals surface area contributed by atoms with Crippen molar-refractivity contribution in [3.8, 4) is 5.75 Å². The topological polar surface area (TPSA) is 54.4 Å². The monoisotopic (exact) mass is 531 g/mol. The molecule has 184 valence electrons. The van der Waals surface area contributed by atoms with Gasteiger partial charge in [0.2, 0.25) is 0 Å². The molecule has 2 aliphatic heterocycles. The van der Waals surface area contributed by atoms with E-state index >= 15 is 0 Å². The van der Waals surface area contributed by atoms with E-state index in [1.807, 2.05) is 73.4 Å². The lowest BCUT2D eigenvalue weighted by atomic mass is 9.93. The number of carbonyl (C=O) groups excluding carboxylic acids is 1. The van der Waals surface area contributed by atoms with E-state index in [4.69, 9.17) is 37.7 Å². The summed E-state index contributed by atoms with van der Waals surface area (Å²) in [5.41, 5.74) is 2.92. The van der Waals surface area contributed by atoms with Crippen LogP contribution >= 0.6 is 35.0 Å². The molecule has 0 bridgehead atoms. The Labute approximate surface area is 220 Å². The summed E-state index contributed by atoms with van der Waals surface area (Å²) in [6, 6.07) is 12.7. The van der Waals surface area contributed by atoms with Crippen molar-refractivity contribution in [2.75, 3.05) is 34.4 Å². The Kier molecular flexibility index (Phi) is 8.12. The summed E-state index contributed by atoms with van der Waals surface area (Å²) in [5.74, 6) is 0.308. The second kappa shape index (κ2) is 11.1. The van der Waals surface area contributed by atoms with Crippen LogP contribution < -0.4 is 4.74 Å². The fraction of sp³-hybridized carbons (Fsp3) is 0.308. The first-order valence-corrected chi connectivity index (χ1v) is 12.8. The summed E-state index contributed by atoms with van der Waals surface area (Å²) in [4.78, 5) is 23.2. The minimum Gasteiger partial charge on any atom is -0.496 e. The number of halogens is 2. The number of esters is 1. The molecule has 2 aromatic carbocycles. The number of likely N-dealkylation sites (N-methyl/N-ethyl adjacent to an activating group) is 1. The largest absolute Gasteiger partial charge is 0.496 e. The van der Waals surface area contributed by atoms with E-state index < -0.39 is 6.04 Å². The van der Waals surface area contributed by atoms with Gasteiger partial charge in [-0.05, 0) is 50.5 Å². The van der Waals surface area contributed by atoms with Crippen LogP contribution in [-0.2, 0) is 9.53 Å². The summed E-state index contributed by atoms with van der Waals surface area (Å²) < 4.78 is 11.4. The molecule has 1 atom stereocenters. The van der Waals surface area contributed by atoms with Gasteiger partial charge in [-0.15, -0.1) is 0 Å². The molecule has 6 nitrogen and oxygen atoms in total. The smallest absolute Gasteiger partial charge is 0.338 e. The molecular weight excluding hydrogens is 505 g/mol. The van der Waals surface area contributed by atoms with Gasteiger partial charge in [-0.25, -0.2) is 9.79 Å². The average Bonchev–Trinajstić information content (AvgIpc) is 3.25. The second-order valence-corrected chi connectivity index (χ2v) is 10.2. The fourth-order valence-electron chi connectivity index (χ4n) is 4.01. The molecule has 0 spiro atoms. The average molecular weight is 532 g/mol. The van der Waals surface area contributed by atoms with Crippen molar-refractivity contribution in [3.05, 3.63) is 81.1 Å². The van der Waals surface area contributed by atoms with E-state index in [1.165, 1.54) is 11.8 Å². The van der Waals surface area contributed by atoms with Crippen molar-refractivity contribution < 1.29 is 14.3 Å². The third kappa shape index (κ3) is 5.38. The van der Waals surface area contributed by atoms with Gasteiger partial charge in [0.1, 0.15) is 12.4 Å². The van der Waals surface area contributed by atoms with Crippen molar-refractivity contribution in [2.24, 2.45) is 4.99 Å². The van der Waals surface area contributed by atoms with Gasteiger partial charge in [0.05, 0.1) is 29.4 Å². The number of para-hydroxylation sites is 1. The Morgan fingerprint density at radius 3 is 2.66 bits per heavy atom. The SMILES string of the molecule is CCC1=C(C(=O)OCCN(C)C)C(c2ccccc2OC)N2C=C(c3ccc(Cl)cc3Cl)SC2=N1. The Hall–Kier alpha value is -2.45. The number of hydrogen-bond donors (Lipinski definition) is 0. The standard InChI is InChI=1S/C26H27Cl2N3O3S/c1-5-20-23(25(32)34-13-12-30(2)3)24(18-8-6-7-9-21(18)33-4)31-15-22(35-26(31)29-20)17-11-10-16(27)14-19(17)28/h6-11,14-15,24H,5,12-13H2,1-4H3. The first kappa shape index (κ1) is 25.6. The number of thioether (sulfide) groups is 1. The van der Waals surface area contributed by atoms with Gasteiger partial charge >= 0.3 is 5.97 Å². The van der Waals surface area contributed by atoms with E-state index in [0.29, 0.717) is 40.0 Å². The van der Waals surface area contributed by atoms with Gasteiger partial charge in [-0.3, -0.25) is 0 Å². The van der Waals surface area contributed by atoms with Crippen LogP contribution in [-0.4, -0.2) is 55.3 Å². The number of ether oxygens (including phenoxy) is 2. The second-order valence-electron chi connectivity index (χ2n) is 8.32. The molecule has 0 radical (unpaired) electrons. The number of aliphatic imine (C=N–C) groups is 1. The first-order valence-electron chi connectivity index (χ1n) is 11.2. The molecule has 9 heteroatoms. The minimum absolute atomic E-state index is 0.289. The van der Waals surface area contributed by atoms with Crippen molar-refractivity contribution in [3.63, 3.8) is 0 Å². The van der Waals surface area contributed by atoms with Crippen LogP contribution in [0.4, 0.5) is 0 Å². The van der Waals surface area contributed by atoms with E-state index in [-0.39, 0.29) is 12.6 Å². The molecule has 0 aromatic heterocycles. The van der Waals surface area contributed by atoms with Gasteiger partial charge in [0.15, 0.2) is 5.17 Å². The lowest BCUT2D eigenvalue weighted by molar-refractivity contribution is -0.140. The highest BCUT2D eigenvalue weighted by Gasteiger charge is 2.41. The quantitative estimate of drug-likeness (QED) is 0.376. The van der Waals surface area contributed by atoms with Crippen molar-refractivity contribution in [1.29, 1.82) is 0 Å². The maximum absolute atomic E-state index is 13.5. The maximum Gasteiger partial charge on any atom is 0.338 e. The maximum atomic E-state index is 13.5. The van der Waals surface area contributed by atoms with E-state index in [2.05, 4.69) is 0 Å². The number of allylic oxidation sites excluding steroid dienone is 1. The van der Waals surface area contributed by atoms with E-state index in [9.17, 15) is 4.79 Å². The Bertz CT molecular complexity index is 1230. The Morgan fingerprint density at radius 2 is 1.97 bits per heavy atom. The lowest BCUT2D eigenvalue weighted by Gasteiger charge is -2.34. The highest BCUT2D eigenvalue weighted by Crippen LogP contribution is 2.49. The summed E-state index contributed by atoms with van der Waals surface area (Å²) in [7, 11) is 5.51. The highest BCUT2D eigenvalue weighted by atomic mass is 35.5. The van der Waals surface area contributed by atoms with Crippen LogP contribution in [0.2, 0.25) is 10.0 Å². The zero-order chi connectivity index (χ0) is 25.1. The first-order chi connectivity index (χ1) is 16.8. The zero-order valence-corrected chi connectivity index (χ0v) is 22.4. The van der Waals surface area contributed by atoms with Gasteiger partial charge in [0.25, 0.3) is 0 Å². The molecule has 2 heterocycles. The molecule has 0 saturated carbocycles. The number of hydrogen-bond acceptors (Lipinski definition) is 7. The number of nitrogens with zero attached hydrogens (tertiary/aromatic N) is 3. The summed E-state index contributed by atoms with van der Waals surface area (Å²) in [6.07, 6.45) is 2.56. The molecule has 35 heavy (non-hydrogen) atoms. The molecule has 0 N–H and O–H groups in total. The Balaban J connectivity index is 1.81. The summed E-state index contributed by atoms with van der Waals surface area (Å²) in [6.45, 7) is 2.91. The number of amidine groups is 1. The van der Waals surface area contributed by atoms with Crippen LogP contribution in [0.3, 0.4) is 0 Å². The normalized spacial score (nSPS) is 17.3. The van der Waals surface area contributed by atoms with E-state index in [1.54, 1.807) is 13.2 Å². The van der Waals surface area contributed by atoms with Gasteiger partial charge in [-0.2, -0.15) is 0 Å².